The molecule has 1 aliphatic carbocycles. The SMILES string of the molecule is COc1ccc(Cl)c(C(=O)N2CC3(C2)OCCC3CCOCC2CC2)c1. The second-order valence-corrected chi connectivity index (χ2v) is 8.12. The molecular formula is C20H26ClNO4. The monoisotopic (exact) mass is 379 g/mol. The number of carbonyl (C=O) groups excluding carboxylic acids is 1. The number of nitrogens with zero attached hydrogens (tertiary/aromatic N) is 1. The summed E-state index contributed by atoms with van der Waals surface area (Å²) in [6.07, 6.45) is 4.70. The van der Waals surface area contributed by atoms with E-state index in [2.05, 4.69) is 0 Å². The van der Waals surface area contributed by atoms with E-state index in [1.165, 1.54) is 12.8 Å². The fourth-order valence-electron chi connectivity index (χ4n) is 4.01. The second kappa shape index (κ2) is 7.37. The Bertz CT molecular complexity index is 670. The quantitative estimate of drug-likeness (QED) is 0.681. The largest absolute Gasteiger partial charge is 0.497 e. The number of halogens is 1. The molecule has 3 fully saturated rings. The van der Waals surface area contributed by atoms with E-state index in [1.54, 1.807) is 25.3 Å². The summed E-state index contributed by atoms with van der Waals surface area (Å²) in [6.45, 7) is 3.73. The molecule has 2 heterocycles. The Balaban J connectivity index is 1.33. The predicted octanol–water partition coefficient (Wildman–Crippen LogP) is 3.40. The molecule has 1 aromatic carbocycles. The maximum Gasteiger partial charge on any atom is 0.255 e. The van der Waals surface area contributed by atoms with Crippen LogP contribution in [0.3, 0.4) is 0 Å². The summed E-state index contributed by atoms with van der Waals surface area (Å²) in [5.41, 5.74) is 0.299. The molecule has 1 amide bonds. The fourth-order valence-corrected chi connectivity index (χ4v) is 4.21. The number of hydrogen-bond donors (Lipinski definition) is 0. The summed E-state index contributed by atoms with van der Waals surface area (Å²) >= 11 is 6.22. The van der Waals surface area contributed by atoms with Gasteiger partial charge in [-0.1, -0.05) is 11.6 Å². The zero-order valence-corrected chi connectivity index (χ0v) is 16.0. The van der Waals surface area contributed by atoms with Gasteiger partial charge in [0.25, 0.3) is 5.91 Å². The maximum atomic E-state index is 12.8. The van der Waals surface area contributed by atoms with Gasteiger partial charge >= 0.3 is 0 Å². The molecule has 26 heavy (non-hydrogen) atoms. The zero-order chi connectivity index (χ0) is 18.1. The summed E-state index contributed by atoms with van der Waals surface area (Å²) in [5.74, 6) is 1.84. The summed E-state index contributed by atoms with van der Waals surface area (Å²) in [4.78, 5) is 14.6. The molecule has 0 radical (unpaired) electrons. The van der Waals surface area contributed by atoms with Crippen molar-refractivity contribution in [1.82, 2.24) is 4.90 Å². The molecule has 0 bridgehead atoms. The fraction of sp³-hybridized carbons (Fsp3) is 0.650. The van der Waals surface area contributed by atoms with Crippen LogP contribution in [0.2, 0.25) is 5.02 Å². The molecule has 0 N–H and O–H groups in total. The Morgan fingerprint density at radius 3 is 2.88 bits per heavy atom. The van der Waals surface area contributed by atoms with Gasteiger partial charge in [0.1, 0.15) is 11.4 Å². The summed E-state index contributed by atoms with van der Waals surface area (Å²) in [6, 6.07) is 5.16. The van der Waals surface area contributed by atoms with E-state index < -0.39 is 0 Å². The van der Waals surface area contributed by atoms with Crippen molar-refractivity contribution in [2.75, 3.05) is 40.0 Å². The van der Waals surface area contributed by atoms with E-state index in [9.17, 15) is 4.79 Å². The number of amides is 1. The molecule has 5 nitrogen and oxygen atoms in total. The van der Waals surface area contributed by atoms with Gasteiger partial charge in [-0.2, -0.15) is 0 Å². The van der Waals surface area contributed by atoms with Gasteiger partial charge in [0, 0.05) is 19.8 Å². The lowest BCUT2D eigenvalue weighted by molar-refractivity contribution is -0.120. The summed E-state index contributed by atoms with van der Waals surface area (Å²) in [7, 11) is 1.58. The third-order valence-electron chi connectivity index (χ3n) is 5.87. The van der Waals surface area contributed by atoms with Crippen LogP contribution < -0.4 is 4.74 Å². The molecule has 2 saturated heterocycles. The van der Waals surface area contributed by atoms with E-state index in [1.807, 2.05) is 4.90 Å². The molecule has 4 rings (SSSR count). The predicted molar refractivity (Wildman–Crippen MR) is 98.9 cm³/mol. The van der Waals surface area contributed by atoms with Crippen LogP contribution in [-0.2, 0) is 9.47 Å². The van der Waals surface area contributed by atoms with Gasteiger partial charge in [0.15, 0.2) is 0 Å². The van der Waals surface area contributed by atoms with E-state index in [-0.39, 0.29) is 11.5 Å². The lowest BCUT2D eigenvalue weighted by Gasteiger charge is -2.50. The standard InChI is InChI=1S/C20H26ClNO4/c1-24-16-4-5-18(21)17(10-16)19(23)22-12-20(13-22)15(7-9-26-20)6-8-25-11-14-2-3-14/h4-5,10,14-15H,2-3,6-9,11-13H2,1H3. The molecule has 1 spiro atoms. The van der Waals surface area contributed by atoms with Crippen molar-refractivity contribution < 1.29 is 19.0 Å². The normalized spacial score (nSPS) is 23.9. The highest BCUT2D eigenvalue weighted by molar-refractivity contribution is 6.33. The molecule has 1 unspecified atom stereocenters. The van der Waals surface area contributed by atoms with Crippen LogP contribution >= 0.6 is 11.6 Å². The number of likely N-dealkylation sites (tertiary alicyclic amines) is 1. The molecule has 0 aromatic heterocycles. The lowest BCUT2D eigenvalue weighted by Crippen LogP contribution is -2.66. The molecule has 3 aliphatic rings. The first-order valence-electron chi connectivity index (χ1n) is 9.46. The molecule has 142 valence electrons. The van der Waals surface area contributed by atoms with Crippen molar-refractivity contribution in [3.8, 4) is 5.75 Å². The van der Waals surface area contributed by atoms with Crippen LogP contribution in [0, 0.1) is 11.8 Å². The number of rotatable bonds is 7. The van der Waals surface area contributed by atoms with Gasteiger partial charge in [-0.15, -0.1) is 0 Å². The van der Waals surface area contributed by atoms with Gasteiger partial charge < -0.3 is 19.1 Å². The van der Waals surface area contributed by atoms with Crippen molar-refractivity contribution in [3.05, 3.63) is 28.8 Å². The Morgan fingerprint density at radius 2 is 2.15 bits per heavy atom. The van der Waals surface area contributed by atoms with Crippen LogP contribution in [-0.4, -0.2) is 56.4 Å². The summed E-state index contributed by atoms with van der Waals surface area (Å²) in [5, 5.41) is 0.453. The Kier molecular flexibility index (Phi) is 5.13. The van der Waals surface area contributed by atoms with Crippen molar-refractivity contribution in [3.63, 3.8) is 0 Å². The highest BCUT2D eigenvalue weighted by Crippen LogP contribution is 2.42. The third kappa shape index (κ3) is 3.57. The maximum absolute atomic E-state index is 12.8. The van der Waals surface area contributed by atoms with Crippen molar-refractivity contribution in [2.24, 2.45) is 11.8 Å². The molecular weight excluding hydrogens is 354 g/mol. The molecule has 1 atom stereocenters. The average Bonchev–Trinajstić information content (AvgIpc) is 3.34. The van der Waals surface area contributed by atoms with Gasteiger partial charge in [0.2, 0.25) is 0 Å². The van der Waals surface area contributed by atoms with Gasteiger partial charge in [-0.25, -0.2) is 0 Å². The Labute approximate surface area is 159 Å². The number of benzene rings is 1. The smallest absolute Gasteiger partial charge is 0.255 e. The van der Waals surface area contributed by atoms with Crippen LogP contribution in [0.5, 0.6) is 5.75 Å². The summed E-state index contributed by atoms with van der Waals surface area (Å²) < 4.78 is 17.1. The average molecular weight is 380 g/mol. The first-order chi connectivity index (χ1) is 12.6. The van der Waals surface area contributed by atoms with Gasteiger partial charge in [-0.3, -0.25) is 4.79 Å². The van der Waals surface area contributed by atoms with E-state index in [4.69, 9.17) is 25.8 Å². The van der Waals surface area contributed by atoms with Crippen LogP contribution in [0.4, 0.5) is 0 Å². The van der Waals surface area contributed by atoms with E-state index in [0.717, 1.165) is 38.6 Å². The highest BCUT2D eigenvalue weighted by Gasteiger charge is 2.54. The number of ether oxygens (including phenoxy) is 3. The van der Waals surface area contributed by atoms with Crippen LogP contribution in [0.25, 0.3) is 0 Å². The van der Waals surface area contributed by atoms with Crippen LogP contribution in [0.15, 0.2) is 18.2 Å². The molecule has 1 saturated carbocycles. The second-order valence-electron chi connectivity index (χ2n) is 7.71. The Morgan fingerprint density at radius 1 is 1.35 bits per heavy atom. The third-order valence-corrected chi connectivity index (χ3v) is 6.20. The first kappa shape index (κ1) is 18.1. The molecule has 2 aliphatic heterocycles. The number of carbonyl (C=O) groups is 1. The highest BCUT2D eigenvalue weighted by atomic mass is 35.5. The van der Waals surface area contributed by atoms with Crippen molar-refractivity contribution >= 4 is 17.5 Å². The van der Waals surface area contributed by atoms with E-state index >= 15 is 0 Å². The van der Waals surface area contributed by atoms with E-state index in [0.29, 0.717) is 35.3 Å². The minimum Gasteiger partial charge on any atom is -0.497 e. The van der Waals surface area contributed by atoms with Gasteiger partial charge in [-0.05, 0) is 55.7 Å². The number of methoxy groups -OCH3 is 1. The lowest BCUT2D eigenvalue weighted by atomic mass is 9.79. The molecule has 1 aromatic rings. The van der Waals surface area contributed by atoms with Crippen molar-refractivity contribution in [1.29, 1.82) is 0 Å². The van der Waals surface area contributed by atoms with Crippen molar-refractivity contribution in [2.45, 2.75) is 31.3 Å². The minimum atomic E-state index is -0.191. The topological polar surface area (TPSA) is 48.0 Å². The van der Waals surface area contributed by atoms with Gasteiger partial charge in [0.05, 0.1) is 30.8 Å². The first-order valence-corrected chi connectivity index (χ1v) is 9.83. The number of hydrogen-bond acceptors (Lipinski definition) is 4. The van der Waals surface area contributed by atoms with Crippen LogP contribution in [0.1, 0.15) is 36.0 Å². The minimum absolute atomic E-state index is 0.0567. The molecule has 6 heteroatoms. The zero-order valence-electron chi connectivity index (χ0n) is 15.2. The Hall–Kier alpha value is -1.30.